The Hall–Kier alpha value is -3.72. The summed E-state index contributed by atoms with van der Waals surface area (Å²) in [5.41, 5.74) is 3.81. The summed E-state index contributed by atoms with van der Waals surface area (Å²) in [4.78, 5) is 30.8. The van der Waals surface area contributed by atoms with Crippen molar-refractivity contribution >= 4 is 17.0 Å². The van der Waals surface area contributed by atoms with E-state index >= 15 is 0 Å². The predicted octanol–water partition coefficient (Wildman–Crippen LogP) is 3.73. The molecule has 170 valence electrons. The van der Waals surface area contributed by atoms with E-state index in [1.54, 1.807) is 35.3 Å². The molecule has 0 amide bonds. The number of nitrogens with one attached hydrogen (secondary N) is 1. The molecule has 0 saturated heterocycles. The van der Waals surface area contributed by atoms with Crippen molar-refractivity contribution < 1.29 is 9.13 Å². The van der Waals surface area contributed by atoms with Crippen molar-refractivity contribution in [1.82, 2.24) is 24.5 Å². The van der Waals surface area contributed by atoms with Crippen molar-refractivity contribution in [1.29, 1.82) is 0 Å². The Bertz CT molecular complexity index is 1290. The van der Waals surface area contributed by atoms with E-state index in [0.717, 1.165) is 23.2 Å². The number of nitrogens with zero attached hydrogens (tertiary/aromatic N) is 5. The van der Waals surface area contributed by atoms with Crippen molar-refractivity contribution in [2.45, 2.75) is 33.4 Å². The summed E-state index contributed by atoms with van der Waals surface area (Å²) in [7, 11) is 0. The van der Waals surface area contributed by atoms with Crippen LogP contribution in [0.3, 0.4) is 0 Å². The van der Waals surface area contributed by atoms with E-state index in [-0.39, 0.29) is 17.2 Å². The van der Waals surface area contributed by atoms with Crippen LogP contribution in [0.25, 0.3) is 22.3 Å². The van der Waals surface area contributed by atoms with Crippen LogP contribution >= 0.6 is 0 Å². The zero-order valence-electron chi connectivity index (χ0n) is 18.6. The second-order valence-corrected chi connectivity index (χ2v) is 7.61. The molecule has 0 radical (unpaired) electrons. The van der Waals surface area contributed by atoms with E-state index in [4.69, 9.17) is 4.74 Å². The van der Waals surface area contributed by atoms with Crippen LogP contribution in [0.1, 0.15) is 24.7 Å². The Labute approximate surface area is 190 Å². The Balaban J connectivity index is 1.70. The number of anilines is 1. The maximum atomic E-state index is 13.3. The molecule has 0 spiro atoms. The molecule has 4 rings (SSSR count). The molecule has 0 aliphatic carbocycles. The SMILES string of the molecule is CCCOCCn1c(=O)c(NCc2cnc(C)cn2)nc2ncc(-c3ccc(F)cc3)cc21. The lowest BCUT2D eigenvalue weighted by Gasteiger charge is -2.14. The third-order valence-electron chi connectivity index (χ3n) is 5.06. The topological polar surface area (TPSA) is 94.8 Å². The van der Waals surface area contributed by atoms with Gasteiger partial charge in [-0.3, -0.25) is 19.3 Å². The molecular formula is C24H25FN6O2. The lowest BCUT2D eigenvalue weighted by atomic mass is 10.1. The van der Waals surface area contributed by atoms with Gasteiger partial charge in [-0.1, -0.05) is 19.1 Å². The van der Waals surface area contributed by atoms with E-state index < -0.39 is 0 Å². The van der Waals surface area contributed by atoms with Crippen LogP contribution in [-0.2, 0) is 17.8 Å². The van der Waals surface area contributed by atoms with Crippen LogP contribution in [0, 0.1) is 12.7 Å². The summed E-state index contributed by atoms with van der Waals surface area (Å²) in [6.45, 7) is 5.56. The number of pyridine rings is 1. The van der Waals surface area contributed by atoms with Crippen LogP contribution in [0.15, 0.2) is 53.7 Å². The molecule has 4 aromatic rings. The van der Waals surface area contributed by atoms with Crippen molar-refractivity contribution in [3.63, 3.8) is 0 Å². The molecule has 3 aromatic heterocycles. The molecule has 0 unspecified atom stereocenters. The minimum Gasteiger partial charge on any atom is -0.380 e. The Morgan fingerprint density at radius 1 is 1.03 bits per heavy atom. The number of hydrogen-bond acceptors (Lipinski definition) is 7. The number of hydrogen-bond donors (Lipinski definition) is 1. The molecule has 1 N–H and O–H groups in total. The largest absolute Gasteiger partial charge is 0.380 e. The van der Waals surface area contributed by atoms with E-state index in [2.05, 4.69) is 25.3 Å². The van der Waals surface area contributed by atoms with E-state index in [1.165, 1.54) is 12.1 Å². The van der Waals surface area contributed by atoms with Gasteiger partial charge in [0.25, 0.3) is 5.56 Å². The number of fused-ring (bicyclic) bond motifs is 1. The summed E-state index contributed by atoms with van der Waals surface area (Å²) in [5.74, 6) is -0.129. The van der Waals surface area contributed by atoms with Crippen LogP contribution in [-0.4, -0.2) is 37.7 Å². The van der Waals surface area contributed by atoms with E-state index in [9.17, 15) is 9.18 Å². The second-order valence-electron chi connectivity index (χ2n) is 7.61. The standard InChI is InChI=1S/C24H25FN6O2/c1-3-9-33-10-8-31-21-11-18(17-4-6-19(25)7-5-17)13-28-22(21)30-23(24(31)32)29-15-20-14-26-16(2)12-27-20/h4-7,11-14H,3,8-10,15H2,1-2H3,(H,28,29,30). The first-order valence-electron chi connectivity index (χ1n) is 10.8. The number of halogens is 1. The first-order chi connectivity index (χ1) is 16.0. The van der Waals surface area contributed by atoms with Gasteiger partial charge in [-0.15, -0.1) is 0 Å². The fourth-order valence-corrected chi connectivity index (χ4v) is 3.35. The molecule has 3 heterocycles. The monoisotopic (exact) mass is 448 g/mol. The third kappa shape index (κ3) is 5.38. The highest BCUT2D eigenvalue weighted by atomic mass is 19.1. The van der Waals surface area contributed by atoms with Gasteiger partial charge >= 0.3 is 0 Å². The highest BCUT2D eigenvalue weighted by Crippen LogP contribution is 2.22. The number of benzene rings is 1. The van der Waals surface area contributed by atoms with Crippen molar-refractivity contribution in [2.75, 3.05) is 18.5 Å². The maximum Gasteiger partial charge on any atom is 0.293 e. The maximum absolute atomic E-state index is 13.3. The van der Waals surface area contributed by atoms with Crippen LogP contribution < -0.4 is 10.9 Å². The summed E-state index contributed by atoms with van der Waals surface area (Å²) in [5, 5.41) is 3.07. The van der Waals surface area contributed by atoms with Gasteiger partial charge in [0.1, 0.15) is 5.82 Å². The number of ether oxygens (including phenoxy) is 1. The normalized spacial score (nSPS) is 11.1. The Morgan fingerprint density at radius 2 is 1.85 bits per heavy atom. The lowest BCUT2D eigenvalue weighted by Crippen LogP contribution is -2.27. The smallest absolute Gasteiger partial charge is 0.293 e. The van der Waals surface area contributed by atoms with Crippen molar-refractivity contribution in [3.05, 3.63) is 76.5 Å². The minimum atomic E-state index is -0.312. The fourth-order valence-electron chi connectivity index (χ4n) is 3.35. The Kier molecular flexibility index (Phi) is 6.99. The molecule has 0 saturated carbocycles. The van der Waals surface area contributed by atoms with Crippen molar-refractivity contribution in [3.8, 4) is 11.1 Å². The van der Waals surface area contributed by atoms with Gasteiger partial charge in [-0.05, 0) is 37.1 Å². The van der Waals surface area contributed by atoms with Gasteiger partial charge in [0, 0.05) is 31.1 Å². The molecule has 0 fully saturated rings. The van der Waals surface area contributed by atoms with Gasteiger partial charge in [0.15, 0.2) is 11.5 Å². The van der Waals surface area contributed by atoms with Crippen LogP contribution in [0.5, 0.6) is 0 Å². The quantitative estimate of drug-likeness (QED) is 0.390. The molecule has 9 heteroatoms. The molecule has 1 aromatic carbocycles. The highest BCUT2D eigenvalue weighted by molar-refractivity contribution is 5.79. The van der Waals surface area contributed by atoms with Gasteiger partial charge < -0.3 is 10.1 Å². The average Bonchev–Trinajstić information content (AvgIpc) is 2.83. The minimum absolute atomic E-state index is 0.183. The fraction of sp³-hybridized carbons (Fsp3) is 0.292. The van der Waals surface area contributed by atoms with Gasteiger partial charge in [0.05, 0.1) is 36.3 Å². The molecule has 0 aliphatic rings. The molecule has 0 aliphatic heterocycles. The third-order valence-corrected chi connectivity index (χ3v) is 5.06. The molecular weight excluding hydrogens is 423 g/mol. The Morgan fingerprint density at radius 3 is 2.58 bits per heavy atom. The average molecular weight is 449 g/mol. The molecule has 0 bridgehead atoms. The molecule has 0 atom stereocenters. The first-order valence-corrected chi connectivity index (χ1v) is 10.8. The summed E-state index contributed by atoms with van der Waals surface area (Å²) >= 11 is 0. The van der Waals surface area contributed by atoms with Crippen LogP contribution in [0.4, 0.5) is 10.2 Å². The number of aryl methyl sites for hydroxylation is 1. The predicted molar refractivity (Wildman–Crippen MR) is 124 cm³/mol. The highest BCUT2D eigenvalue weighted by Gasteiger charge is 2.14. The van der Waals surface area contributed by atoms with Gasteiger partial charge in [-0.2, -0.15) is 0 Å². The zero-order chi connectivity index (χ0) is 23.2. The summed E-state index contributed by atoms with van der Waals surface area (Å²) < 4.78 is 20.6. The lowest BCUT2D eigenvalue weighted by molar-refractivity contribution is 0.127. The van der Waals surface area contributed by atoms with Crippen molar-refractivity contribution in [2.24, 2.45) is 0 Å². The number of rotatable bonds is 9. The second kappa shape index (κ2) is 10.3. The van der Waals surface area contributed by atoms with Crippen LogP contribution in [0.2, 0.25) is 0 Å². The van der Waals surface area contributed by atoms with Gasteiger partial charge in [-0.25, -0.2) is 14.4 Å². The summed E-state index contributed by atoms with van der Waals surface area (Å²) in [6, 6.07) is 7.99. The molecule has 8 nitrogen and oxygen atoms in total. The summed E-state index contributed by atoms with van der Waals surface area (Å²) in [6.07, 6.45) is 5.90. The molecule has 33 heavy (non-hydrogen) atoms. The van der Waals surface area contributed by atoms with Gasteiger partial charge in [0.2, 0.25) is 0 Å². The van der Waals surface area contributed by atoms with E-state index in [0.29, 0.717) is 43.2 Å². The number of aromatic nitrogens is 5. The first kappa shape index (κ1) is 22.5. The van der Waals surface area contributed by atoms with E-state index in [1.807, 2.05) is 19.9 Å². The zero-order valence-corrected chi connectivity index (χ0v) is 18.6.